The van der Waals surface area contributed by atoms with E-state index in [0.717, 1.165) is 0 Å². The zero-order chi connectivity index (χ0) is 16.4. The molecule has 4 nitrogen and oxygen atoms in total. The highest BCUT2D eigenvalue weighted by molar-refractivity contribution is 6.43. The van der Waals surface area contributed by atoms with Crippen LogP contribution in [-0.2, 0) is 9.53 Å². The topological polar surface area (TPSA) is 47.9 Å². The van der Waals surface area contributed by atoms with Gasteiger partial charge in [0.25, 0.3) is 0 Å². The molecule has 0 unspecified atom stereocenters. The second-order valence-electron chi connectivity index (χ2n) is 4.71. The van der Waals surface area contributed by atoms with Crippen molar-refractivity contribution in [3.05, 3.63) is 69.3 Å². The highest BCUT2D eigenvalue weighted by Gasteiger charge is 2.24. The Morgan fingerprint density at radius 3 is 2.74 bits per heavy atom. The number of cyclic esters (lactones) is 1. The first-order chi connectivity index (χ1) is 11.1. The van der Waals surface area contributed by atoms with Crippen molar-refractivity contribution in [2.75, 3.05) is 7.11 Å². The van der Waals surface area contributed by atoms with Crippen LogP contribution in [0.2, 0.25) is 10.0 Å². The van der Waals surface area contributed by atoms with Crippen LogP contribution in [0.4, 0.5) is 0 Å². The second-order valence-corrected chi connectivity index (χ2v) is 5.50. The fourth-order valence-corrected chi connectivity index (χ4v) is 2.43. The van der Waals surface area contributed by atoms with Crippen LogP contribution in [0.5, 0.6) is 5.75 Å². The van der Waals surface area contributed by atoms with Crippen LogP contribution in [-0.4, -0.2) is 19.0 Å². The third kappa shape index (κ3) is 3.23. The third-order valence-electron chi connectivity index (χ3n) is 3.21. The molecule has 0 aromatic heterocycles. The molecule has 1 heterocycles. The molecule has 3 rings (SSSR count). The smallest absolute Gasteiger partial charge is 0.363 e. The van der Waals surface area contributed by atoms with E-state index < -0.39 is 5.97 Å². The van der Waals surface area contributed by atoms with Gasteiger partial charge in [-0.15, -0.1) is 0 Å². The first-order valence-electron chi connectivity index (χ1n) is 6.69. The summed E-state index contributed by atoms with van der Waals surface area (Å²) in [5.41, 5.74) is 1.41. The molecule has 0 aliphatic carbocycles. The lowest BCUT2D eigenvalue weighted by Gasteiger charge is -2.02. The van der Waals surface area contributed by atoms with Crippen LogP contribution in [0.25, 0.3) is 6.08 Å². The van der Waals surface area contributed by atoms with Gasteiger partial charge < -0.3 is 9.47 Å². The van der Waals surface area contributed by atoms with Gasteiger partial charge in [0.2, 0.25) is 5.90 Å². The maximum absolute atomic E-state index is 12.0. The molecule has 0 N–H and O–H groups in total. The summed E-state index contributed by atoms with van der Waals surface area (Å²) in [5, 5.41) is 0.767. The molecule has 1 aliphatic heterocycles. The fraction of sp³-hybridized carbons (Fsp3) is 0.0588. The number of benzene rings is 2. The van der Waals surface area contributed by atoms with Gasteiger partial charge in [-0.05, 0) is 35.9 Å². The molecule has 2 aromatic rings. The van der Waals surface area contributed by atoms with Crippen molar-refractivity contribution < 1.29 is 14.3 Å². The van der Waals surface area contributed by atoms with Gasteiger partial charge in [0.1, 0.15) is 5.75 Å². The lowest BCUT2D eigenvalue weighted by molar-refractivity contribution is -0.129. The molecule has 0 fully saturated rings. The first kappa shape index (κ1) is 15.6. The Morgan fingerprint density at radius 2 is 1.96 bits per heavy atom. The SMILES string of the molecule is COc1cccc(C2=N/C(=C/c3cccc(Cl)c3Cl)C(=O)O2)c1. The molecule has 0 saturated carbocycles. The fourth-order valence-electron chi connectivity index (χ4n) is 2.07. The summed E-state index contributed by atoms with van der Waals surface area (Å²) in [6.07, 6.45) is 1.55. The summed E-state index contributed by atoms with van der Waals surface area (Å²) < 4.78 is 10.4. The number of methoxy groups -OCH3 is 1. The van der Waals surface area contributed by atoms with Crippen LogP contribution in [0.1, 0.15) is 11.1 Å². The number of carbonyl (C=O) groups is 1. The number of hydrogen-bond acceptors (Lipinski definition) is 4. The lowest BCUT2D eigenvalue weighted by atomic mass is 10.2. The molecule has 0 amide bonds. The van der Waals surface area contributed by atoms with E-state index in [2.05, 4.69) is 4.99 Å². The zero-order valence-electron chi connectivity index (χ0n) is 12.0. The second kappa shape index (κ2) is 6.44. The van der Waals surface area contributed by atoms with E-state index >= 15 is 0 Å². The van der Waals surface area contributed by atoms with Crippen LogP contribution in [0.3, 0.4) is 0 Å². The van der Waals surface area contributed by atoms with Crippen molar-refractivity contribution in [1.29, 1.82) is 0 Å². The van der Waals surface area contributed by atoms with Gasteiger partial charge >= 0.3 is 5.97 Å². The van der Waals surface area contributed by atoms with E-state index in [-0.39, 0.29) is 11.6 Å². The minimum atomic E-state index is -0.543. The quantitative estimate of drug-likeness (QED) is 0.612. The number of halogens is 2. The lowest BCUT2D eigenvalue weighted by Crippen LogP contribution is -2.05. The van der Waals surface area contributed by atoms with Crippen molar-refractivity contribution in [3.63, 3.8) is 0 Å². The summed E-state index contributed by atoms with van der Waals surface area (Å²) in [4.78, 5) is 16.2. The van der Waals surface area contributed by atoms with E-state index in [4.69, 9.17) is 32.7 Å². The van der Waals surface area contributed by atoms with Gasteiger partial charge in [-0.25, -0.2) is 9.79 Å². The predicted molar refractivity (Wildman–Crippen MR) is 90.1 cm³/mol. The number of hydrogen-bond donors (Lipinski definition) is 0. The standard InChI is InChI=1S/C17H11Cl2NO3/c1-22-12-6-2-5-11(8-12)16-20-14(17(21)23-16)9-10-4-3-7-13(18)15(10)19/h2-9H,1H3/b14-9+. The van der Waals surface area contributed by atoms with Crippen LogP contribution >= 0.6 is 23.2 Å². The molecule has 0 spiro atoms. The van der Waals surface area contributed by atoms with E-state index in [9.17, 15) is 4.79 Å². The number of nitrogens with zero attached hydrogens (tertiary/aromatic N) is 1. The Hall–Kier alpha value is -2.30. The maximum Gasteiger partial charge on any atom is 0.363 e. The highest BCUT2D eigenvalue weighted by atomic mass is 35.5. The number of carbonyl (C=O) groups excluding carboxylic acids is 1. The molecule has 0 saturated heterocycles. The van der Waals surface area contributed by atoms with Crippen LogP contribution in [0, 0.1) is 0 Å². The Morgan fingerprint density at radius 1 is 1.17 bits per heavy atom. The van der Waals surface area contributed by atoms with Crippen molar-refractivity contribution in [3.8, 4) is 5.75 Å². The van der Waals surface area contributed by atoms with Gasteiger partial charge in [0, 0.05) is 5.56 Å². The molecule has 0 bridgehead atoms. The van der Waals surface area contributed by atoms with Crippen molar-refractivity contribution in [2.45, 2.75) is 0 Å². The van der Waals surface area contributed by atoms with E-state index in [1.54, 1.807) is 55.7 Å². The van der Waals surface area contributed by atoms with E-state index in [0.29, 0.717) is 26.9 Å². The Kier molecular flexibility index (Phi) is 4.37. The average molecular weight is 348 g/mol. The van der Waals surface area contributed by atoms with Gasteiger partial charge in [-0.1, -0.05) is 41.4 Å². The monoisotopic (exact) mass is 347 g/mol. The van der Waals surface area contributed by atoms with Gasteiger partial charge in [-0.3, -0.25) is 0 Å². The summed E-state index contributed by atoms with van der Waals surface area (Å²) >= 11 is 12.1. The molecule has 1 aliphatic rings. The van der Waals surface area contributed by atoms with Crippen molar-refractivity contribution >= 4 is 41.1 Å². The summed E-state index contributed by atoms with van der Waals surface area (Å²) in [5.74, 6) is 0.328. The van der Waals surface area contributed by atoms with Crippen molar-refractivity contribution in [1.82, 2.24) is 0 Å². The van der Waals surface area contributed by atoms with Crippen LogP contribution in [0.15, 0.2) is 53.2 Å². The third-order valence-corrected chi connectivity index (χ3v) is 4.04. The Labute approximate surface area is 143 Å². The Balaban J connectivity index is 1.98. The molecular formula is C17H11Cl2NO3. The molecular weight excluding hydrogens is 337 g/mol. The number of esters is 1. The van der Waals surface area contributed by atoms with Gasteiger partial charge in [0.15, 0.2) is 5.70 Å². The van der Waals surface area contributed by atoms with Gasteiger partial charge in [-0.2, -0.15) is 0 Å². The highest BCUT2D eigenvalue weighted by Crippen LogP contribution is 2.29. The minimum Gasteiger partial charge on any atom is -0.497 e. The molecule has 6 heteroatoms. The Bertz CT molecular complexity index is 843. The maximum atomic E-state index is 12.0. The summed E-state index contributed by atoms with van der Waals surface area (Å²) in [6, 6.07) is 12.3. The normalized spacial score (nSPS) is 15.5. The van der Waals surface area contributed by atoms with Gasteiger partial charge in [0.05, 0.1) is 17.2 Å². The molecule has 116 valence electrons. The van der Waals surface area contributed by atoms with E-state index in [1.165, 1.54) is 0 Å². The summed E-state index contributed by atoms with van der Waals surface area (Å²) in [6.45, 7) is 0. The number of ether oxygens (including phenoxy) is 2. The average Bonchev–Trinajstić information content (AvgIpc) is 2.93. The number of rotatable bonds is 3. The number of aliphatic imine (C=N–C) groups is 1. The minimum absolute atomic E-state index is 0.159. The predicted octanol–water partition coefficient (Wildman–Crippen LogP) is 4.35. The summed E-state index contributed by atoms with van der Waals surface area (Å²) in [7, 11) is 1.56. The van der Waals surface area contributed by atoms with Crippen molar-refractivity contribution in [2.24, 2.45) is 4.99 Å². The largest absolute Gasteiger partial charge is 0.497 e. The van der Waals surface area contributed by atoms with Crippen LogP contribution < -0.4 is 4.74 Å². The first-order valence-corrected chi connectivity index (χ1v) is 7.45. The van der Waals surface area contributed by atoms with E-state index in [1.807, 2.05) is 0 Å². The molecule has 2 aromatic carbocycles. The molecule has 0 atom stereocenters. The molecule has 23 heavy (non-hydrogen) atoms. The molecule has 0 radical (unpaired) electrons. The zero-order valence-corrected chi connectivity index (χ0v) is 13.6.